The first-order valence-corrected chi connectivity index (χ1v) is 11.8. The molecule has 2 N–H and O–H groups in total. The van der Waals surface area contributed by atoms with Gasteiger partial charge in [-0.3, -0.25) is 0 Å². The van der Waals surface area contributed by atoms with E-state index in [4.69, 9.17) is 28.4 Å². The fourth-order valence-electron chi connectivity index (χ4n) is 5.50. The van der Waals surface area contributed by atoms with Crippen molar-refractivity contribution in [1.82, 2.24) is 0 Å². The predicted molar refractivity (Wildman–Crippen MR) is 132 cm³/mol. The zero-order valence-electron chi connectivity index (χ0n) is 20.5. The average molecular weight is 508 g/mol. The number of benzene rings is 3. The van der Waals surface area contributed by atoms with Crippen LogP contribution in [0.5, 0.6) is 28.7 Å². The first-order valence-electron chi connectivity index (χ1n) is 11.8. The summed E-state index contributed by atoms with van der Waals surface area (Å²) in [5.41, 5.74) is 4.46. The molecule has 0 saturated carbocycles. The summed E-state index contributed by atoms with van der Waals surface area (Å²) in [7, 11) is 4.57. The summed E-state index contributed by atoms with van der Waals surface area (Å²) < 4.78 is 47.7. The zero-order valence-corrected chi connectivity index (χ0v) is 20.5. The number of fused-ring (bicyclic) bond motifs is 3. The second-order valence-corrected chi connectivity index (χ2v) is 9.03. The molecule has 3 atom stereocenters. The van der Waals surface area contributed by atoms with Gasteiger partial charge in [0, 0.05) is 23.1 Å². The molecule has 0 unspecified atom stereocenters. The van der Waals surface area contributed by atoms with E-state index in [0.717, 1.165) is 28.0 Å². The maximum Gasteiger partial charge on any atom is 0.279 e. The second kappa shape index (κ2) is 8.99. The van der Waals surface area contributed by atoms with Crippen LogP contribution in [0.1, 0.15) is 28.7 Å². The van der Waals surface area contributed by atoms with Gasteiger partial charge in [0.1, 0.15) is 12.4 Å². The molecule has 192 valence electrons. The number of nitrogens with one attached hydrogen (secondary N) is 1. The van der Waals surface area contributed by atoms with Crippen LogP contribution in [0.15, 0.2) is 60.0 Å². The van der Waals surface area contributed by atoms with Crippen LogP contribution >= 0.6 is 0 Å². The van der Waals surface area contributed by atoms with Crippen LogP contribution in [0.2, 0.25) is 0 Å². The lowest BCUT2D eigenvalue weighted by atomic mass is 9.68. The van der Waals surface area contributed by atoms with Gasteiger partial charge in [-0.25, -0.2) is 4.39 Å². The molecule has 37 heavy (non-hydrogen) atoms. The Morgan fingerprint density at radius 1 is 0.865 bits per heavy atom. The van der Waals surface area contributed by atoms with Gasteiger partial charge >= 0.3 is 0 Å². The highest BCUT2D eigenvalue weighted by atomic mass is 19.1. The minimum atomic E-state index is -0.318. The molecule has 2 heterocycles. The molecule has 6 rings (SSSR count). The molecule has 0 aromatic heterocycles. The highest BCUT2D eigenvalue weighted by molar-refractivity contribution is 5.63. The Bertz CT molecular complexity index is 1360. The normalized spacial score (nSPS) is 21.1. The van der Waals surface area contributed by atoms with Gasteiger partial charge in [-0.1, -0.05) is 0 Å². The maximum atomic E-state index is 13.6. The molecule has 3 aromatic carbocycles. The van der Waals surface area contributed by atoms with Gasteiger partial charge in [0.15, 0.2) is 23.0 Å². The lowest BCUT2D eigenvalue weighted by Gasteiger charge is -2.38. The van der Waals surface area contributed by atoms with E-state index < -0.39 is 0 Å². The van der Waals surface area contributed by atoms with Crippen molar-refractivity contribution in [3.8, 4) is 28.7 Å². The molecule has 0 bridgehead atoms. The fourth-order valence-corrected chi connectivity index (χ4v) is 5.50. The van der Waals surface area contributed by atoms with Gasteiger partial charge in [-0.05, 0) is 65.2 Å². The summed E-state index contributed by atoms with van der Waals surface area (Å²) in [5, 5.41) is 14.1. The minimum Gasteiger partial charge on any atom is -0.502 e. The second-order valence-electron chi connectivity index (χ2n) is 9.03. The largest absolute Gasteiger partial charge is 0.502 e. The third-order valence-electron chi connectivity index (χ3n) is 7.15. The third kappa shape index (κ3) is 3.73. The van der Waals surface area contributed by atoms with Crippen LogP contribution in [-0.2, 0) is 9.47 Å². The van der Waals surface area contributed by atoms with Crippen molar-refractivity contribution in [2.45, 2.75) is 12.0 Å². The minimum absolute atomic E-state index is 0.0773. The van der Waals surface area contributed by atoms with E-state index >= 15 is 0 Å². The Morgan fingerprint density at radius 3 is 2.14 bits per heavy atom. The summed E-state index contributed by atoms with van der Waals surface area (Å²) >= 11 is 0. The maximum absolute atomic E-state index is 13.6. The summed E-state index contributed by atoms with van der Waals surface area (Å²) in [6.45, 7) is 0.520. The van der Waals surface area contributed by atoms with Crippen LogP contribution in [0.4, 0.5) is 10.1 Å². The smallest absolute Gasteiger partial charge is 0.279 e. The predicted octanol–water partition coefficient (Wildman–Crippen LogP) is 5.08. The number of rotatable bonds is 6. The summed E-state index contributed by atoms with van der Waals surface area (Å²) in [4.78, 5) is 0. The fraction of sp³-hybridized carbons (Fsp3) is 0.286. The monoisotopic (exact) mass is 507 g/mol. The molecule has 2 aliphatic heterocycles. The van der Waals surface area contributed by atoms with Gasteiger partial charge in [0.25, 0.3) is 5.95 Å². The highest BCUT2D eigenvalue weighted by Gasteiger charge is 2.47. The molecule has 0 saturated heterocycles. The number of anilines is 1. The first kappa shape index (κ1) is 23.1. The van der Waals surface area contributed by atoms with Crippen molar-refractivity contribution in [1.29, 1.82) is 0 Å². The molecular weight excluding hydrogens is 481 g/mol. The molecule has 0 spiro atoms. The Labute approximate surface area is 213 Å². The molecule has 3 aromatic rings. The van der Waals surface area contributed by atoms with Gasteiger partial charge in [0.2, 0.25) is 12.5 Å². The van der Waals surface area contributed by atoms with Crippen molar-refractivity contribution in [2.75, 3.05) is 40.0 Å². The molecule has 9 heteroatoms. The van der Waals surface area contributed by atoms with Crippen molar-refractivity contribution in [2.24, 2.45) is 5.92 Å². The van der Waals surface area contributed by atoms with E-state index in [2.05, 4.69) is 5.32 Å². The Kier molecular flexibility index (Phi) is 5.62. The number of methoxy groups -OCH3 is 3. The van der Waals surface area contributed by atoms with E-state index in [-0.39, 0.29) is 36.2 Å². The van der Waals surface area contributed by atoms with Crippen LogP contribution < -0.4 is 24.3 Å². The number of hydrogen-bond donors (Lipinski definition) is 2. The van der Waals surface area contributed by atoms with Gasteiger partial charge < -0.3 is 38.8 Å². The zero-order chi connectivity index (χ0) is 25.7. The van der Waals surface area contributed by atoms with Crippen LogP contribution in [-0.4, -0.2) is 39.8 Å². The SMILES string of the molecule is COC1=C2[C@H](c3cc(OC)c(O)c(OC)c3)c3cc4c(cc3[C@@H](Nc3ccc(F)cc3)[C@H]2CO1)OCO4. The number of phenols is 1. The number of hydrogen-bond acceptors (Lipinski definition) is 8. The van der Waals surface area contributed by atoms with Crippen molar-refractivity contribution in [3.63, 3.8) is 0 Å². The molecule has 0 fully saturated rings. The molecule has 3 aliphatic rings. The van der Waals surface area contributed by atoms with E-state index in [1.807, 2.05) is 12.1 Å². The Morgan fingerprint density at radius 2 is 1.51 bits per heavy atom. The third-order valence-corrected chi connectivity index (χ3v) is 7.15. The van der Waals surface area contributed by atoms with E-state index in [0.29, 0.717) is 35.6 Å². The lowest BCUT2D eigenvalue weighted by Crippen LogP contribution is -2.32. The van der Waals surface area contributed by atoms with Crippen molar-refractivity contribution < 1.29 is 37.9 Å². The Balaban J connectivity index is 1.58. The van der Waals surface area contributed by atoms with Crippen LogP contribution in [0, 0.1) is 11.7 Å². The number of phenolic OH excluding ortho intramolecular Hbond substituents is 1. The molecule has 8 nitrogen and oxygen atoms in total. The average Bonchev–Trinajstić information content (AvgIpc) is 3.56. The van der Waals surface area contributed by atoms with Gasteiger partial charge in [-0.2, -0.15) is 0 Å². The molecule has 0 amide bonds. The Hall–Kier alpha value is -4.27. The van der Waals surface area contributed by atoms with E-state index in [1.165, 1.54) is 26.4 Å². The standard InChI is InChI=1S/C28H26FNO7/c1-32-22-8-14(9-23(33-2)27(22)31)24-17-10-20-21(37-13-36-20)11-18(17)26(19-12-35-28(34-3)25(19)24)30-16-6-4-15(29)5-7-16/h4-11,19,24,26,30-31H,12-13H2,1-3H3/t19-,24+,26+/m0/s1. The van der Waals surface area contributed by atoms with E-state index in [9.17, 15) is 9.50 Å². The summed E-state index contributed by atoms with van der Waals surface area (Å²) in [5.74, 6) is 1.49. The topological polar surface area (TPSA) is 87.6 Å². The van der Waals surface area contributed by atoms with E-state index in [1.54, 1.807) is 31.4 Å². The van der Waals surface area contributed by atoms with Crippen LogP contribution in [0.25, 0.3) is 0 Å². The number of ether oxygens (including phenoxy) is 6. The lowest BCUT2D eigenvalue weighted by molar-refractivity contribution is 0.0745. The van der Waals surface area contributed by atoms with Crippen LogP contribution in [0.3, 0.4) is 0 Å². The molecule has 0 radical (unpaired) electrons. The quantitative estimate of drug-likeness (QED) is 0.478. The molecule has 1 aliphatic carbocycles. The summed E-state index contributed by atoms with van der Waals surface area (Å²) in [6.07, 6.45) is 0. The highest BCUT2D eigenvalue weighted by Crippen LogP contribution is 2.56. The first-order chi connectivity index (χ1) is 18.0. The van der Waals surface area contributed by atoms with Gasteiger partial charge in [-0.15, -0.1) is 0 Å². The number of aromatic hydroxyl groups is 1. The number of halogens is 1. The van der Waals surface area contributed by atoms with Gasteiger partial charge in [0.05, 0.1) is 27.4 Å². The summed E-state index contributed by atoms with van der Waals surface area (Å²) in [6, 6.07) is 13.6. The van der Waals surface area contributed by atoms with Crippen molar-refractivity contribution in [3.05, 3.63) is 82.6 Å². The molecular formula is C28H26FNO7. The van der Waals surface area contributed by atoms with Crippen molar-refractivity contribution >= 4 is 5.69 Å².